The number of piperidine rings is 1. The molecule has 2 N–H and O–H groups in total. The Balaban J connectivity index is 1.63. The van der Waals surface area contributed by atoms with Gasteiger partial charge in [0, 0.05) is 33.4 Å². The van der Waals surface area contributed by atoms with Gasteiger partial charge in [-0.2, -0.15) is 0 Å². The van der Waals surface area contributed by atoms with Crippen LogP contribution >= 0.6 is 0 Å². The normalized spacial score (nSPS) is 27.6. The molecule has 116 valence electrons. The molecule has 2 atom stereocenters. The molecule has 0 spiro atoms. The van der Waals surface area contributed by atoms with E-state index in [2.05, 4.69) is 15.5 Å². The van der Waals surface area contributed by atoms with Crippen LogP contribution in [0.5, 0.6) is 0 Å². The Kier molecular flexibility index (Phi) is 6.76. The predicted octanol–water partition coefficient (Wildman–Crippen LogP) is 0.603. The zero-order valence-corrected chi connectivity index (χ0v) is 12.7. The van der Waals surface area contributed by atoms with E-state index in [0.717, 1.165) is 52.0 Å². The Bertz CT molecular complexity index is 293. The highest BCUT2D eigenvalue weighted by molar-refractivity contribution is 5.81. The Morgan fingerprint density at radius 3 is 3.05 bits per heavy atom. The maximum absolute atomic E-state index is 12.0. The number of nitrogens with zero attached hydrogens (tertiary/aromatic N) is 1. The molecule has 2 aliphatic heterocycles. The van der Waals surface area contributed by atoms with E-state index >= 15 is 0 Å². The van der Waals surface area contributed by atoms with E-state index in [1.165, 1.54) is 19.4 Å². The van der Waals surface area contributed by atoms with Gasteiger partial charge in [0.15, 0.2) is 0 Å². The van der Waals surface area contributed by atoms with Gasteiger partial charge in [-0.1, -0.05) is 0 Å². The molecular weight excluding hydrogens is 254 g/mol. The van der Waals surface area contributed by atoms with Crippen molar-refractivity contribution in [2.75, 3.05) is 46.4 Å². The van der Waals surface area contributed by atoms with Crippen LogP contribution in [0.4, 0.5) is 0 Å². The largest absolute Gasteiger partial charge is 0.385 e. The third-order valence-electron chi connectivity index (χ3n) is 4.37. The summed E-state index contributed by atoms with van der Waals surface area (Å²) < 4.78 is 5.11. The van der Waals surface area contributed by atoms with Crippen molar-refractivity contribution in [2.24, 2.45) is 5.92 Å². The fraction of sp³-hybridized carbons (Fsp3) is 0.933. The number of hydrogen-bond donors (Lipinski definition) is 2. The predicted molar refractivity (Wildman–Crippen MR) is 79.7 cm³/mol. The highest BCUT2D eigenvalue weighted by Gasteiger charge is 2.24. The maximum atomic E-state index is 12.0. The molecule has 0 aliphatic carbocycles. The molecule has 0 saturated carbocycles. The summed E-state index contributed by atoms with van der Waals surface area (Å²) in [7, 11) is 1.76. The molecule has 5 heteroatoms. The van der Waals surface area contributed by atoms with Crippen LogP contribution in [0.2, 0.25) is 0 Å². The summed E-state index contributed by atoms with van der Waals surface area (Å²) in [6.45, 7) is 6.07. The summed E-state index contributed by atoms with van der Waals surface area (Å²) in [6.07, 6.45) is 5.68. The van der Waals surface area contributed by atoms with Crippen LogP contribution in [0.25, 0.3) is 0 Å². The van der Waals surface area contributed by atoms with E-state index in [1.807, 2.05) is 0 Å². The molecule has 20 heavy (non-hydrogen) atoms. The Morgan fingerprint density at radius 2 is 2.30 bits per heavy atom. The first-order valence-corrected chi connectivity index (χ1v) is 8.02. The summed E-state index contributed by atoms with van der Waals surface area (Å²) >= 11 is 0. The topological polar surface area (TPSA) is 53.6 Å². The van der Waals surface area contributed by atoms with Crippen molar-refractivity contribution in [1.29, 1.82) is 0 Å². The van der Waals surface area contributed by atoms with Crippen LogP contribution in [0.3, 0.4) is 0 Å². The van der Waals surface area contributed by atoms with Crippen LogP contribution in [-0.4, -0.2) is 63.3 Å². The Hall–Kier alpha value is -0.650. The molecule has 0 aromatic rings. The van der Waals surface area contributed by atoms with Crippen molar-refractivity contribution in [1.82, 2.24) is 15.5 Å². The lowest BCUT2D eigenvalue weighted by Gasteiger charge is -2.33. The fourth-order valence-electron chi connectivity index (χ4n) is 3.23. The summed E-state index contributed by atoms with van der Waals surface area (Å²) in [5, 5.41) is 6.38. The van der Waals surface area contributed by atoms with E-state index in [0.29, 0.717) is 5.92 Å². The summed E-state index contributed by atoms with van der Waals surface area (Å²) in [5.74, 6) is 0.802. The first-order valence-electron chi connectivity index (χ1n) is 8.02. The zero-order valence-electron chi connectivity index (χ0n) is 12.7. The lowest BCUT2D eigenvalue weighted by atomic mass is 9.97. The molecule has 2 saturated heterocycles. The smallest absolute Gasteiger partial charge is 0.237 e. The first kappa shape index (κ1) is 15.7. The zero-order chi connectivity index (χ0) is 14.2. The van der Waals surface area contributed by atoms with Crippen molar-refractivity contribution in [2.45, 2.75) is 38.1 Å². The molecule has 2 unspecified atom stereocenters. The van der Waals surface area contributed by atoms with Gasteiger partial charge in [0.05, 0.1) is 6.04 Å². The van der Waals surface area contributed by atoms with Crippen molar-refractivity contribution in [3.05, 3.63) is 0 Å². The fourth-order valence-corrected chi connectivity index (χ4v) is 3.23. The third kappa shape index (κ3) is 5.04. The second-order valence-corrected chi connectivity index (χ2v) is 6.05. The Morgan fingerprint density at radius 1 is 1.40 bits per heavy atom. The van der Waals surface area contributed by atoms with Crippen molar-refractivity contribution < 1.29 is 9.53 Å². The van der Waals surface area contributed by atoms with E-state index in [9.17, 15) is 4.79 Å². The number of carbonyl (C=O) groups excluding carboxylic acids is 1. The van der Waals surface area contributed by atoms with E-state index in [-0.39, 0.29) is 11.9 Å². The quantitative estimate of drug-likeness (QED) is 0.672. The highest BCUT2D eigenvalue weighted by Crippen LogP contribution is 2.16. The van der Waals surface area contributed by atoms with Crippen LogP contribution in [0.15, 0.2) is 0 Å². The van der Waals surface area contributed by atoms with E-state index < -0.39 is 0 Å². The number of amides is 1. The molecule has 0 bridgehead atoms. The number of methoxy groups -OCH3 is 1. The average molecular weight is 283 g/mol. The van der Waals surface area contributed by atoms with Gasteiger partial charge in [0.2, 0.25) is 5.91 Å². The van der Waals surface area contributed by atoms with E-state index in [4.69, 9.17) is 4.74 Å². The van der Waals surface area contributed by atoms with Gasteiger partial charge < -0.3 is 20.3 Å². The molecule has 1 amide bonds. The molecule has 2 rings (SSSR count). The van der Waals surface area contributed by atoms with Crippen LogP contribution in [0.1, 0.15) is 32.1 Å². The average Bonchev–Trinajstić information content (AvgIpc) is 3.00. The minimum atomic E-state index is 0.0522. The minimum absolute atomic E-state index is 0.0522. The van der Waals surface area contributed by atoms with Crippen molar-refractivity contribution in [3.8, 4) is 0 Å². The molecule has 0 radical (unpaired) electrons. The van der Waals surface area contributed by atoms with Crippen LogP contribution in [-0.2, 0) is 9.53 Å². The number of hydrogen-bond acceptors (Lipinski definition) is 4. The first-order chi connectivity index (χ1) is 9.79. The van der Waals surface area contributed by atoms with Gasteiger partial charge in [0.1, 0.15) is 0 Å². The number of rotatable bonds is 7. The van der Waals surface area contributed by atoms with Crippen molar-refractivity contribution >= 4 is 5.91 Å². The SMILES string of the molecule is COCCCN1CCCC(CNC(=O)C2CCCN2)C1. The second kappa shape index (κ2) is 8.60. The third-order valence-corrected chi connectivity index (χ3v) is 4.37. The molecule has 0 aromatic heterocycles. The minimum Gasteiger partial charge on any atom is -0.385 e. The summed E-state index contributed by atoms with van der Waals surface area (Å²) in [5.41, 5.74) is 0. The van der Waals surface area contributed by atoms with Gasteiger partial charge in [-0.15, -0.1) is 0 Å². The monoisotopic (exact) mass is 283 g/mol. The van der Waals surface area contributed by atoms with Crippen LogP contribution in [0, 0.1) is 5.92 Å². The second-order valence-electron chi connectivity index (χ2n) is 6.05. The van der Waals surface area contributed by atoms with Gasteiger partial charge >= 0.3 is 0 Å². The Labute approximate surface area is 122 Å². The number of nitrogens with one attached hydrogen (secondary N) is 2. The lowest BCUT2D eigenvalue weighted by Crippen LogP contribution is -2.45. The number of likely N-dealkylation sites (tertiary alicyclic amines) is 1. The number of ether oxygens (including phenoxy) is 1. The maximum Gasteiger partial charge on any atom is 0.237 e. The lowest BCUT2D eigenvalue weighted by molar-refractivity contribution is -0.123. The summed E-state index contributed by atoms with van der Waals surface area (Å²) in [4.78, 5) is 14.5. The molecule has 2 aliphatic rings. The highest BCUT2D eigenvalue weighted by atomic mass is 16.5. The van der Waals surface area contributed by atoms with E-state index in [1.54, 1.807) is 7.11 Å². The molecular formula is C15H29N3O2. The summed E-state index contributed by atoms with van der Waals surface area (Å²) in [6, 6.07) is 0.0522. The van der Waals surface area contributed by atoms with Gasteiger partial charge in [-0.25, -0.2) is 0 Å². The molecule has 2 heterocycles. The van der Waals surface area contributed by atoms with Crippen molar-refractivity contribution in [3.63, 3.8) is 0 Å². The molecule has 5 nitrogen and oxygen atoms in total. The standard InChI is InChI=1S/C15H29N3O2/c1-20-10-4-9-18-8-3-5-13(12-18)11-17-15(19)14-6-2-7-16-14/h13-14,16H,2-12H2,1H3,(H,17,19). The molecule has 0 aromatic carbocycles. The molecule has 2 fully saturated rings. The van der Waals surface area contributed by atoms with Crippen LogP contribution < -0.4 is 10.6 Å². The van der Waals surface area contributed by atoms with Gasteiger partial charge in [0.25, 0.3) is 0 Å². The van der Waals surface area contributed by atoms with Gasteiger partial charge in [-0.05, 0) is 51.1 Å². The van der Waals surface area contributed by atoms with Gasteiger partial charge in [-0.3, -0.25) is 4.79 Å². The number of carbonyl (C=O) groups is 1.